The number of aryl methyl sites for hydroxylation is 1. The molecule has 0 fully saturated rings. The molecule has 0 aliphatic carbocycles. The average Bonchev–Trinajstić information content (AvgIpc) is 2.83. The summed E-state index contributed by atoms with van der Waals surface area (Å²) < 4.78 is 5.67. The van der Waals surface area contributed by atoms with E-state index in [9.17, 15) is 9.90 Å². The summed E-state index contributed by atoms with van der Waals surface area (Å²) in [5, 5.41) is 13.2. The highest BCUT2D eigenvalue weighted by molar-refractivity contribution is 6.03. The number of carboxylic acids is 1. The van der Waals surface area contributed by atoms with Gasteiger partial charge in [0.15, 0.2) is 0 Å². The van der Waals surface area contributed by atoms with Gasteiger partial charge in [0, 0.05) is 11.1 Å². The maximum atomic E-state index is 11.5. The Morgan fingerprint density at radius 2 is 2.00 bits per heavy atom. The van der Waals surface area contributed by atoms with Crippen molar-refractivity contribution < 1.29 is 14.3 Å². The van der Waals surface area contributed by atoms with Crippen LogP contribution in [-0.4, -0.2) is 11.1 Å². The van der Waals surface area contributed by atoms with Gasteiger partial charge in [-0.2, -0.15) is 0 Å². The number of para-hydroxylation sites is 1. The molecule has 106 valence electrons. The SMILES string of the molecule is Cc1cccc(NCc2oc3ccccc3c2C(=O)O)c1. The molecule has 2 aromatic carbocycles. The van der Waals surface area contributed by atoms with Gasteiger partial charge < -0.3 is 14.8 Å². The third-order valence-corrected chi connectivity index (χ3v) is 3.35. The van der Waals surface area contributed by atoms with Gasteiger partial charge in [0.1, 0.15) is 16.9 Å². The molecule has 3 aromatic rings. The Bertz CT molecular complexity index is 805. The van der Waals surface area contributed by atoms with Gasteiger partial charge >= 0.3 is 5.97 Å². The lowest BCUT2D eigenvalue weighted by molar-refractivity contribution is 0.0696. The van der Waals surface area contributed by atoms with Crippen LogP contribution in [0.3, 0.4) is 0 Å². The van der Waals surface area contributed by atoms with E-state index >= 15 is 0 Å². The molecule has 4 heteroatoms. The maximum Gasteiger partial charge on any atom is 0.339 e. The van der Waals surface area contributed by atoms with E-state index in [1.807, 2.05) is 43.3 Å². The molecule has 1 heterocycles. The van der Waals surface area contributed by atoms with Gasteiger partial charge in [-0.05, 0) is 30.7 Å². The molecule has 4 nitrogen and oxygen atoms in total. The molecule has 1 aromatic heterocycles. The van der Waals surface area contributed by atoms with E-state index in [-0.39, 0.29) is 5.56 Å². The fraction of sp³-hybridized carbons (Fsp3) is 0.118. The second-order valence-corrected chi connectivity index (χ2v) is 4.92. The number of hydrogen-bond acceptors (Lipinski definition) is 3. The predicted molar refractivity (Wildman–Crippen MR) is 81.7 cm³/mol. The number of carbonyl (C=O) groups is 1. The summed E-state index contributed by atoms with van der Waals surface area (Å²) >= 11 is 0. The Hall–Kier alpha value is -2.75. The molecule has 0 atom stereocenters. The third-order valence-electron chi connectivity index (χ3n) is 3.35. The molecule has 0 bridgehead atoms. The van der Waals surface area contributed by atoms with Gasteiger partial charge in [-0.3, -0.25) is 0 Å². The summed E-state index contributed by atoms with van der Waals surface area (Å²) in [6.07, 6.45) is 0. The molecule has 0 saturated heterocycles. The van der Waals surface area contributed by atoms with Crippen LogP contribution in [0.2, 0.25) is 0 Å². The third kappa shape index (κ3) is 2.60. The van der Waals surface area contributed by atoms with Crippen LogP contribution < -0.4 is 5.32 Å². The molecule has 0 saturated carbocycles. The van der Waals surface area contributed by atoms with Crippen LogP contribution in [0.5, 0.6) is 0 Å². The molecular formula is C17H15NO3. The second-order valence-electron chi connectivity index (χ2n) is 4.92. The fourth-order valence-corrected chi connectivity index (χ4v) is 2.39. The minimum atomic E-state index is -0.971. The highest BCUT2D eigenvalue weighted by Gasteiger charge is 2.19. The number of nitrogens with one attached hydrogen (secondary N) is 1. The van der Waals surface area contributed by atoms with Crippen molar-refractivity contribution in [1.29, 1.82) is 0 Å². The van der Waals surface area contributed by atoms with Crippen molar-refractivity contribution in [2.24, 2.45) is 0 Å². The average molecular weight is 281 g/mol. The number of anilines is 1. The second kappa shape index (κ2) is 5.32. The summed E-state index contributed by atoms with van der Waals surface area (Å²) in [7, 11) is 0. The van der Waals surface area contributed by atoms with Crippen molar-refractivity contribution in [2.45, 2.75) is 13.5 Å². The zero-order chi connectivity index (χ0) is 14.8. The molecule has 0 unspecified atom stereocenters. The van der Waals surface area contributed by atoms with Gasteiger partial charge in [-0.25, -0.2) is 4.79 Å². The lowest BCUT2D eigenvalue weighted by Crippen LogP contribution is -2.05. The Morgan fingerprint density at radius 3 is 2.76 bits per heavy atom. The van der Waals surface area contributed by atoms with Crippen LogP contribution in [0.25, 0.3) is 11.0 Å². The van der Waals surface area contributed by atoms with Crippen LogP contribution in [0.4, 0.5) is 5.69 Å². The molecule has 3 rings (SSSR count). The largest absolute Gasteiger partial charge is 0.478 e. The van der Waals surface area contributed by atoms with E-state index in [1.165, 1.54) is 0 Å². The first-order chi connectivity index (χ1) is 10.1. The summed E-state index contributed by atoms with van der Waals surface area (Å²) in [6, 6.07) is 15.1. The first-order valence-electron chi connectivity index (χ1n) is 6.69. The number of furan rings is 1. The lowest BCUT2D eigenvalue weighted by atomic mass is 10.1. The topological polar surface area (TPSA) is 62.5 Å². The smallest absolute Gasteiger partial charge is 0.339 e. The summed E-state index contributed by atoms with van der Waals surface area (Å²) in [6.45, 7) is 2.34. The van der Waals surface area contributed by atoms with Crippen molar-refractivity contribution in [1.82, 2.24) is 0 Å². The van der Waals surface area contributed by atoms with Crippen molar-refractivity contribution >= 4 is 22.6 Å². The summed E-state index contributed by atoms with van der Waals surface area (Å²) in [5.74, 6) is -0.536. The number of rotatable bonds is 4. The van der Waals surface area contributed by atoms with Crippen molar-refractivity contribution in [3.05, 3.63) is 65.4 Å². The quantitative estimate of drug-likeness (QED) is 0.757. The molecule has 0 radical (unpaired) electrons. The Balaban J connectivity index is 1.93. The molecule has 0 spiro atoms. The predicted octanol–water partition coefficient (Wildman–Crippen LogP) is 4.05. The number of benzene rings is 2. The van der Waals surface area contributed by atoms with Crippen LogP contribution >= 0.6 is 0 Å². The summed E-state index contributed by atoms with van der Waals surface area (Å²) in [5.41, 5.74) is 2.90. The van der Waals surface area contributed by atoms with Crippen LogP contribution in [0, 0.1) is 6.92 Å². The van der Waals surface area contributed by atoms with E-state index in [0.717, 1.165) is 11.3 Å². The van der Waals surface area contributed by atoms with E-state index in [4.69, 9.17) is 4.42 Å². The lowest BCUT2D eigenvalue weighted by Gasteiger charge is -2.06. The van der Waals surface area contributed by atoms with Crippen molar-refractivity contribution in [3.8, 4) is 0 Å². The van der Waals surface area contributed by atoms with Gasteiger partial charge in [-0.1, -0.05) is 30.3 Å². The minimum Gasteiger partial charge on any atom is -0.478 e. The Morgan fingerprint density at radius 1 is 1.19 bits per heavy atom. The van der Waals surface area contributed by atoms with Gasteiger partial charge in [0.05, 0.1) is 6.54 Å². The fourth-order valence-electron chi connectivity index (χ4n) is 2.39. The number of aromatic carboxylic acids is 1. The molecule has 0 amide bonds. The standard InChI is InChI=1S/C17H15NO3/c1-11-5-4-6-12(9-11)18-10-15-16(17(19)20)13-7-2-3-8-14(13)21-15/h2-9,18H,10H2,1H3,(H,19,20). The molecule has 0 aliphatic heterocycles. The van der Waals surface area contributed by atoms with Gasteiger partial charge in [0.2, 0.25) is 0 Å². The monoisotopic (exact) mass is 281 g/mol. The maximum absolute atomic E-state index is 11.5. The van der Waals surface area contributed by atoms with Crippen molar-refractivity contribution in [2.75, 3.05) is 5.32 Å². The van der Waals surface area contributed by atoms with Crippen LogP contribution in [0.1, 0.15) is 21.7 Å². The number of hydrogen-bond donors (Lipinski definition) is 2. The van der Waals surface area contributed by atoms with E-state index < -0.39 is 5.97 Å². The molecule has 2 N–H and O–H groups in total. The highest BCUT2D eigenvalue weighted by Crippen LogP contribution is 2.26. The summed E-state index contributed by atoms with van der Waals surface area (Å²) in [4.78, 5) is 11.5. The van der Waals surface area contributed by atoms with E-state index in [0.29, 0.717) is 23.3 Å². The Labute approximate surface area is 122 Å². The van der Waals surface area contributed by atoms with Gasteiger partial charge in [0.25, 0.3) is 0 Å². The molecule has 21 heavy (non-hydrogen) atoms. The zero-order valence-electron chi connectivity index (χ0n) is 11.6. The normalized spacial score (nSPS) is 10.7. The van der Waals surface area contributed by atoms with Crippen LogP contribution in [-0.2, 0) is 6.54 Å². The first-order valence-corrected chi connectivity index (χ1v) is 6.69. The number of fused-ring (bicyclic) bond motifs is 1. The van der Waals surface area contributed by atoms with Crippen molar-refractivity contribution in [3.63, 3.8) is 0 Å². The zero-order valence-corrected chi connectivity index (χ0v) is 11.6. The van der Waals surface area contributed by atoms with E-state index in [1.54, 1.807) is 12.1 Å². The number of carboxylic acid groups (broad SMARTS) is 1. The van der Waals surface area contributed by atoms with Crippen LogP contribution in [0.15, 0.2) is 52.9 Å². The Kier molecular flexibility index (Phi) is 3.36. The minimum absolute atomic E-state index is 0.228. The highest BCUT2D eigenvalue weighted by atomic mass is 16.4. The van der Waals surface area contributed by atoms with E-state index in [2.05, 4.69) is 5.32 Å². The van der Waals surface area contributed by atoms with Gasteiger partial charge in [-0.15, -0.1) is 0 Å². The molecule has 0 aliphatic rings. The molecular weight excluding hydrogens is 266 g/mol. The first kappa shape index (κ1) is 13.2.